The zero-order chi connectivity index (χ0) is 14.1. The average molecular weight is 288 g/mol. The topological polar surface area (TPSA) is 26.0 Å². The van der Waals surface area contributed by atoms with Crippen LogP contribution in [-0.2, 0) is 19.6 Å². The lowest BCUT2D eigenvalue weighted by Crippen LogP contribution is -2.32. The summed E-state index contributed by atoms with van der Waals surface area (Å²) < 4.78 is 4.76. The van der Waals surface area contributed by atoms with Gasteiger partial charge in [-0.2, -0.15) is 5.10 Å². The van der Waals surface area contributed by atoms with Crippen molar-refractivity contribution in [2.75, 3.05) is 6.54 Å². The summed E-state index contributed by atoms with van der Waals surface area (Å²) in [7, 11) is 0. The Morgan fingerprint density at radius 2 is 2.00 bits per heavy atom. The SMILES string of the molecule is CC(C)n1cnn(CN2CCc3ccccc3C2)c1=S. The molecular formula is C15H20N4S. The molecule has 0 saturated heterocycles. The molecule has 20 heavy (non-hydrogen) atoms. The quantitative estimate of drug-likeness (QED) is 0.812. The molecule has 3 rings (SSSR count). The first-order chi connectivity index (χ1) is 9.65. The van der Waals surface area contributed by atoms with Crippen LogP contribution in [0.15, 0.2) is 30.6 Å². The Morgan fingerprint density at radius 1 is 1.25 bits per heavy atom. The molecule has 5 heteroatoms. The Hall–Kier alpha value is -1.46. The predicted octanol–water partition coefficient (Wildman–Crippen LogP) is 3.01. The van der Waals surface area contributed by atoms with Crippen LogP contribution >= 0.6 is 12.2 Å². The van der Waals surface area contributed by atoms with Gasteiger partial charge < -0.3 is 4.57 Å². The average Bonchev–Trinajstić information content (AvgIpc) is 2.80. The van der Waals surface area contributed by atoms with Gasteiger partial charge >= 0.3 is 0 Å². The van der Waals surface area contributed by atoms with Crippen molar-refractivity contribution in [3.05, 3.63) is 46.5 Å². The van der Waals surface area contributed by atoms with Crippen LogP contribution in [0.4, 0.5) is 0 Å². The second-order valence-electron chi connectivity index (χ2n) is 5.63. The molecule has 2 aromatic rings. The van der Waals surface area contributed by atoms with Gasteiger partial charge in [-0.1, -0.05) is 24.3 Å². The summed E-state index contributed by atoms with van der Waals surface area (Å²) >= 11 is 5.48. The lowest BCUT2D eigenvalue weighted by atomic mass is 10.0. The van der Waals surface area contributed by atoms with E-state index in [9.17, 15) is 0 Å². The molecule has 0 N–H and O–H groups in total. The maximum atomic E-state index is 5.48. The van der Waals surface area contributed by atoms with E-state index in [0.717, 1.165) is 31.0 Å². The van der Waals surface area contributed by atoms with Crippen LogP contribution in [0, 0.1) is 4.77 Å². The molecular weight excluding hydrogens is 268 g/mol. The minimum Gasteiger partial charge on any atom is -0.304 e. The molecule has 0 aliphatic carbocycles. The molecule has 0 amide bonds. The van der Waals surface area contributed by atoms with Crippen LogP contribution in [0.1, 0.15) is 31.0 Å². The second-order valence-corrected chi connectivity index (χ2v) is 5.99. The number of rotatable bonds is 3. The Balaban J connectivity index is 1.76. The molecule has 106 valence electrons. The molecule has 0 radical (unpaired) electrons. The molecule has 1 aliphatic heterocycles. The van der Waals surface area contributed by atoms with Crippen molar-refractivity contribution in [3.8, 4) is 0 Å². The largest absolute Gasteiger partial charge is 0.304 e. The van der Waals surface area contributed by atoms with E-state index >= 15 is 0 Å². The van der Waals surface area contributed by atoms with Crippen molar-refractivity contribution in [1.29, 1.82) is 0 Å². The fourth-order valence-electron chi connectivity index (χ4n) is 2.67. The zero-order valence-electron chi connectivity index (χ0n) is 12.0. The van der Waals surface area contributed by atoms with Gasteiger partial charge in [-0.25, -0.2) is 4.68 Å². The van der Waals surface area contributed by atoms with Gasteiger partial charge in [-0.15, -0.1) is 0 Å². The van der Waals surface area contributed by atoms with Crippen LogP contribution in [0.3, 0.4) is 0 Å². The van der Waals surface area contributed by atoms with E-state index in [4.69, 9.17) is 12.2 Å². The molecule has 4 nitrogen and oxygen atoms in total. The number of benzene rings is 1. The van der Waals surface area contributed by atoms with Gasteiger partial charge in [-0.05, 0) is 43.6 Å². The van der Waals surface area contributed by atoms with Crippen molar-refractivity contribution in [3.63, 3.8) is 0 Å². The molecule has 0 bridgehead atoms. The fraction of sp³-hybridized carbons (Fsp3) is 0.467. The van der Waals surface area contributed by atoms with Gasteiger partial charge in [0.25, 0.3) is 0 Å². The Morgan fingerprint density at radius 3 is 2.70 bits per heavy atom. The normalized spacial score (nSPS) is 15.6. The third-order valence-corrected chi connectivity index (χ3v) is 4.28. The van der Waals surface area contributed by atoms with Gasteiger partial charge in [-0.3, -0.25) is 4.90 Å². The lowest BCUT2D eigenvalue weighted by Gasteiger charge is -2.28. The molecule has 1 aromatic heterocycles. The van der Waals surface area contributed by atoms with Crippen LogP contribution in [0.5, 0.6) is 0 Å². The Bertz CT molecular complexity index is 656. The highest BCUT2D eigenvalue weighted by Crippen LogP contribution is 2.19. The van der Waals surface area contributed by atoms with Gasteiger partial charge in [0.05, 0.1) is 6.67 Å². The summed E-state index contributed by atoms with van der Waals surface area (Å²) in [6.45, 7) is 7.06. The van der Waals surface area contributed by atoms with E-state index in [1.165, 1.54) is 11.1 Å². The number of nitrogens with zero attached hydrogens (tertiary/aromatic N) is 4. The standard InChI is InChI=1S/C15H20N4S/c1-12(2)18-10-16-19(15(18)20)11-17-8-7-13-5-3-4-6-14(13)9-17/h3-6,10,12H,7-9,11H2,1-2H3. The van der Waals surface area contributed by atoms with E-state index in [2.05, 4.69) is 48.1 Å². The van der Waals surface area contributed by atoms with Gasteiger partial charge in [0.1, 0.15) is 6.33 Å². The second kappa shape index (κ2) is 5.50. The maximum absolute atomic E-state index is 5.48. The highest BCUT2D eigenvalue weighted by molar-refractivity contribution is 7.71. The first-order valence-corrected chi connectivity index (χ1v) is 7.49. The van der Waals surface area contributed by atoms with E-state index in [1.54, 1.807) is 0 Å². The minimum atomic E-state index is 0.360. The lowest BCUT2D eigenvalue weighted by molar-refractivity contribution is 0.187. The van der Waals surface area contributed by atoms with Crippen molar-refractivity contribution in [2.24, 2.45) is 0 Å². The van der Waals surface area contributed by atoms with E-state index < -0.39 is 0 Å². The monoisotopic (exact) mass is 288 g/mol. The highest BCUT2D eigenvalue weighted by atomic mass is 32.1. The summed E-state index contributed by atoms with van der Waals surface area (Å²) in [6.07, 6.45) is 2.94. The van der Waals surface area contributed by atoms with Crippen LogP contribution in [0.25, 0.3) is 0 Å². The molecule has 0 saturated carbocycles. The first kappa shape index (κ1) is 13.5. The summed E-state index contributed by atoms with van der Waals surface area (Å²) in [6, 6.07) is 9.04. The van der Waals surface area contributed by atoms with E-state index in [0.29, 0.717) is 6.04 Å². The molecule has 1 aliphatic rings. The van der Waals surface area contributed by atoms with E-state index in [-0.39, 0.29) is 0 Å². The number of hydrogen-bond donors (Lipinski definition) is 0. The Kier molecular flexibility index (Phi) is 3.72. The van der Waals surface area contributed by atoms with E-state index in [1.807, 2.05) is 15.6 Å². The fourth-order valence-corrected chi connectivity index (χ4v) is 3.03. The van der Waals surface area contributed by atoms with Crippen LogP contribution < -0.4 is 0 Å². The third kappa shape index (κ3) is 2.55. The first-order valence-electron chi connectivity index (χ1n) is 7.08. The summed E-state index contributed by atoms with van der Waals surface area (Å²) in [5.74, 6) is 0. The predicted molar refractivity (Wildman–Crippen MR) is 82.0 cm³/mol. The summed E-state index contributed by atoms with van der Waals surface area (Å²) in [5.41, 5.74) is 2.90. The number of fused-ring (bicyclic) bond motifs is 1. The smallest absolute Gasteiger partial charge is 0.199 e. The van der Waals surface area contributed by atoms with Crippen LogP contribution in [-0.4, -0.2) is 25.8 Å². The van der Waals surface area contributed by atoms with Gasteiger partial charge in [0.2, 0.25) is 0 Å². The molecule has 1 aromatic carbocycles. The van der Waals surface area contributed by atoms with Crippen molar-refractivity contribution in [2.45, 2.75) is 39.5 Å². The molecule has 0 spiro atoms. The van der Waals surface area contributed by atoms with Crippen molar-refractivity contribution < 1.29 is 0 Å². The van der Waals surface area contributed by atoms with Crippen molar-refractivity contribution >= 4 is 12.2 Å². The van der Waals surface area contributed by atoms with Crippen molar-refractivity contribution in [1.82, 2.24) is 19.2 Å². The highest BCUT2D eigenvalue weighted by Gasteiger charge is 2.16. The molecule has 0 fully saturated rings. The number of hydrogen-bond acceptors (Lipinski definition) is 3. The zero-order valence-corrected chi connectivity index (χ0v) is 12.8. The minimum absolute atomic E-state index is 0.360. The summed E-state index contributed by atoms with van der Waals surface area (Å²) in [4.78, 5) is 2.40. The molecule has 0 atom stereocenters. The Labute approximate surface area is 124 Å². The number of aromatic nitrogens is 3. The molecule has 2 heterocycles. The maximum Gasteiger partial charge on any atom is 0.199 e. The summed E-state index contributed by atoms with van der Waals surface area (Å²) in [5, 5.41) is 4.42. The van der Waals surface area contributed by atoms with Crippen LogP contribution in [0.2, 0.25) is 0 Å². The van der Waals surface area contributed by atoms with Gasteiger partial charge in [0, 0.05) is 19.1 Å². The molecule has 0 unspecified atom stereocenters. The van der Waals surface area contributed by atoms with Gasteiger partial charge in [0.15, 0.2) is 4.77 Å². The third-order valence-electron chi connectivity index (χ3n) is 3.86.